The number of nitrogen functional groups attached to an aromatic ring is 2. The molecule has 0 saturated heterocycles. The number of hydrogen-bond donors (Lipinski definition) is 4. The van der Waals surface area contributed by atoms with Crippen LogP contribution in [-0.4, -0.2) is 0 Å². The molecule has 6 heteroatoms. The van der Waals surface area contributed by atoms with Gasteiger partial charge in [0.05, 0.1) is 0 Å². The summed E-state index contributed by atoms with van der Waals surface area (Å²) < 4.78 is 11.6. The Morgan fingerprint density at radius 2 is 0.958 bits per heavy atom. The first-order valence-electron chi connectivity index (χ1n) is 7.36. The van der Waals surface area contributed by atoms with Gasteiger partial charge in [-0.1, -0.05) is 6.07 Å². The topological polar surface area (TPSA) is 94.6 Å². The lowest BCUT2D eigenvalue weighted by Crippen LogP contribution is -2.05. The molecule has 0 aromatic heterocycles. The highest BCUT2D eigenvalue weighted by Crippen LogP contribution is 2.29. The molecule has 3 aromatic carbocycles. The van der Waals surface area contributed by atoms with Gasteiger partial charge >= 0.3 is 0 Å². The van der Waals surface area contributed by atoms with E-state index in [2.05, 4.69) is 10.9 Å². The fourth-order valence-electron chi connectivity index (χ4n) is 2.11. The predicted molar refractivity (Wildman–Crippen MR) is 95.1 cm³/mol. The minimum Gasteiger partial charge on any atom is -0.457 e. The van der Waals surface area contributed by atoms with Crippen molar-refractivity contribution in [3.63, 3.8) is 0 Å². The zero-order chi connectivity index (χ0) is 16.8. The van der Waals surface area contributed by atoms with E-state index in [0.29, 0.717) is 23.0 Å². The zero-order valence-electron chi connectivity index (χ0n) is 12.9. The SMILES string of the molecule is NNc1ccc(Oc2cccc(Oc3ccc(NN)cc3)c2)cc1. The van der Waals surface area contributed by atoms with Crippen molar-refractivity contribution in [2.45, 2.75) is 0 Å². The van der Waals surface area contributed by atoms with Crippen LogP contribution in [0.2, 0.25) is 0 Å². The second-order valence-electron chi connectivity index (χ2n) is 5.02. The summed E-state index contributed by atoms with van der Waals surface area (Å²) in [5.41, 5.74) is 6.78. The van der Waals surface area contributed by atoms with Crippen LogP contribution in [0.3, 0.4) is 0 Å². The Kier molecular flexibility index (Phi) is 4.81. The summed E-state index contributed by atoms with van der Waals surface area (Å²) in [5.74, 6) is 13.5. The van der Waals surface area contributed by atoms with Gasteiger partial charge in [-0.3, -0.25) is 11.7 Å². The van der Waals surface area contributed by atoms with E-state index in [-0.39, 0.29) is 0 Å². The molecule has 0 radical (unpaired) electrons. The maximum absolute atomic E-state index is 5.82. The highest BCUT2D eigenvalue weighted by molar-refractivity contribution is 5.48. The maximum atomic E-state index is 5.82. The Balaban J connectivity index is 1.70. The van der Waals surface area contributed by atoms with E-state index < -0.39 is 0 Å². The molecular formula is C18H18N4O2. The van der Waals surface area contributed by atoms with Gasteiger partial charge in [0, 0.05) is 17.4 Å². The lowest BCUT2D eigenvalue weighted by molar-refractivity contribution is 0.460. The molecule has 6 nitrogen and oxygen atoms in total. The van der Waals surface area contributed by atoms with Gasteiger partial charge in [0.1, 0.15) is 23.0 Å². The predicted octanol–water partition coefficient (Wildman–Crippen LogP) is 3.84. The molecular weight excluding hydrogens is 304 g/mol. The molecule has 0 heterocycles. The van der Waals surface area contributed by atoms with Gasteiger partial charge in [0.15, 0.2) is 0 Å². The smallest absolute Gasteiger partial charge is 0.131 e. The van der Waals surface area contributed by atoms with Crippen molar-refractivity contribution in [3.05, 3.63) is 72.8 Å². The van der Waals surface area contributed by atoms with Crippen LogP contribution < -0.4 is 32.0 Å². The first-order chi connectivity index (χ1) is 11.8. The van der Waals surface area contributed by atoms with Gasteiger partial charge in [-0.15, -0.1) is 0 Å². The van der Waals surface area contributed by atoms with Crippen LogP contribution in [0.1, 0.15) is 0 Å². The Morgan fingerprint density at radius 3 is 1.33 bits per heavy atom. The molecule has 0 fully saturated rings. The normalized spacial score (nSPS) is 10.1. The van der Waals surface area contributed by atoms with Crippen molar-refractivity contribution in [2.24, 2.45) is 11.7 Å². The van der Waals surface area contributed by atoms with Gasteiger partial charge in [-0.05, 0) is 60.7 Å². The first-order valence-corrected chi connectivity index (χ1v) is 7.36. The van der Waals surface area contributed by atoms with Gasteiger partial charge < -0.3 is 20.3 Å². The monoisotopic (exact) mass is 322 g/mol. The van der Waals surface area contributed by atoms with Gasteiger partial charge in [-0.2, -0.15) is 0 Å². The van der Waals surface area contributed by atoms with Crippen molar-refractivity contribution in [2.75, 3.05) is 10.9 Å². The van der Waals surface area contributed by atoms with Crippen LogP contribution in [-0.2, 0) is 0 Å². The van der Waals surface area contributed by atoms with Crippen LogP contribution in [0, 0.1) is 0 Å². The molecule has 3 rings (SSSR count). The molecule has 0 unspecified atom stereocenters. The minimum atomic E-state index is 0.682. The van der Waals surface area contributed by atoms with Crippen molar-refractivity contribution in [3.8, 4) is 23.0 Å². The second-order valence-corrected chi connectivity index (χ2v) is 5.02. The third-order valence-electron chi connectivity index (χ3n) is 3.32. The van der Waals surface area contributed by atoms with E-state index in [1.807, 2.05) is 72.8 Å². The van der Waals surface area contributed by atoms with Crippen molar-refractivity contribution in [1.82, 2.24) is 0 Å². The summed E-state index contributed by atoms with van der Waals surface area (Å²) in [6.07, 6.45) is 0. The summed E-state index contributed by atoms with van der Waals surface area (Å²) in [4.78, 5) is 0. The lowest BCUT2D eigenvalue weighted by Gasteiger charge is -2.10. The molecule has 0 atom stereocenters. The molecule has 0 aliphatic carbocycles. The molecule has 0 bridgehead atoms. The Labute approximate surface area is 139 Å². The number of rotatable bonds is 6. The molecule has 0 amide bonds. The second kappa shape index (κ2) is 7.36. The number of nitrogens with one attached hydrogen (secondary N) is 2. The molecule has 0 aliphatic heterocycles. The molecule has 0 aliphatic rings. The fourth-order valence-corrected chi connectivity index (χ4v) is 2.11. The van der Waals surface area contributed by atoms with E-state index in [1.165, 1.54) is 0 Å². The Morgan fingerprint density at radius 1 is 0.542 bits per heavy atom. The van der Waals surface area contributed by atoms with E-state index in [9.17, 15) is 0 Å². The van der Waals surface area contributed by atoms with Crippen LogP contribution in [0.15, 0.2) is 72.8 Å². The van der Waals surface area contributed by atoms with Crippen LogP contribution in [0.25, 0.3) is 0 Å². The summed E-state index contributed by atoms with van der Waals surface area (Å²) in [7, 11) is 0. The number of hydrazine groups is 2. The maximum Gasteiger partial charge on any atom is 0.131 e. The van der Waals surface area contributed by atoms with Crippen molar-refractivity contribution in [1.29, 1.82) is 0 Å². The molecule has 0 spiro atoms. The average molecular weight is 322 g/mol. The quantitative estimate of drug-likeness (QED) is 0.407. The summed E-state index contributed by atoms with van der Waals surface area (Å²) in [5, 5.41) is 0. The zero-order valence-corrected chi connectivity index (χ0v) is 12.9. The molecule has 3 aromatic rings. The number of benzene rings is 3. The van der Waals surface area contributed by atoms with Gasteiger partial charge in [0.2, 0.25) is 0 Å². The molecule has 122 valence electrons. The van der Waals surface area contributed by atoms with Crippen molar-refractivity contribution >= 4 is 11.4 Å². The Hall–Kier alpha value is -3.22. The van der Waals surface area contributed by atoms with Gasteiger partial charge in [0.25, 0.3) is 0 Å². The minimum absolute atomic E-state index is 0.682. The summed E-state index contributed by atoms with van der Waals surface area (Å²) >= 11 is 0. The summed E-state index contributed by atoms with van der Waals surface area (Å²) in [6.45, 7) is 0. The van der Waals surface area contributed by atoms with Crippen LogP contribution >= 0.6 is 0 Å². The van der Waals surface area contributed by atoms with Crippen molar-refractivity contribution < 1.29 is 9.47 Å². The third kappa shape index (κ3) is 3.95. The molecule has 6 N–H and O–H groups in total. The average Bonchev–Trinajstić information content (AvgIpc) is 2.63. The van der Waals surface area contributed by atoms with E-state index >= 15 is 0 Å². The van der Waals surface area contributed by atoms with E-state index in [4.69, 9.17) is 21.2 Å². The number of ether oxygens (including phenoxy) is 2. The third-order valence-corrected chi connectivity index (χ3v) is 3.32. The van der Waals surface area contributed by atoms with Crippen LogP contribution in [0.5, 0.6) is 23.0 Å². The Bertz CT molecular complexity index is 724. The molecule has 0 saturated carbocycles. The lowest BCUT2D eigenvalue weighted by atomic mass is 10.3. The van der Waals surface area contributed by atoms with Crippen LogP contribution in [0.4, 0.5) is 11.4 Å². The largest absolute Gasteiger partial charge is 0.457 e. The fraction of sp³-hybridized carbons (Fsp3) is 0. The highest BCUT2D eigenvalue weighted by Gasteiger charge is 2.02. The van der Waals surface area contributed by atoms with Gasteiger partial charge in [-0.25, -0.2) is 0 Å². The molecule has 24 heavy (non-hydrogen) atoms. The first kappa shape index (κ1) is 15.7. The van der Waals surface area contributed by atoms with E-state index in [1.54, 1.807) is 0 Å². The number of hydrogen-bond acceptors (Lipinski definition) is 6. The standard InChI is InChI=1S/C18H18N4O2/c19-21-13-4-8-15(9-5-13)23-17-2-1-3-18(12-17)24-16-10-6-14(22-20)7-11-16/h1-12,21-22H,19-20H2. The highest BCUT2D eigenvalue weighted by atomic mass is 16.5. The number of anilines is 2. The number of nitrogens with two attached hydrogens (primary N) is 2. The van der Waals surface area contributed by atoms with E-state index in [0.717, 1.165) is 11.4 Å². The summed E-state index contributed by atoms with van der Waals surface area (Å²) in [6, 6.07) is 22.1.